The van der Waals surface area contributed by atoms with E-state index < -0.39 is 62.2 Å². The number of ether oxygens (including phenoxy) is 1. The number of aliphatic hydroxyl groups excluding tert-OH is 2. The predicted octanol–water partition coefficient (Wildman–Crippen LogP) is 1.38. The molecule has 0 bridgehead atoms. The molecule has 5 unspecified atom stereocenters. The molecule has 1 aliphatic rings. The van der Waals surface area contributed by atoms with Gasteiger partial charge in [0, 0.05) is 12.4 Å². The highest BCUT2D eigenvalue weighted by Gasteiger charge is 2.46. The zero-order valence-electron chi connectivity index (χ0n) is 20.2. The van der Waals surface area contributed by atoms with Gasteiger partial charge in [-0.3, -0.25) is 28.5 Å². The normalized spacial score (nSPS) is 22.8. The Labute approximate surface area is 222 Å². The van der Waals surface area contributed by atoms with E-state index in [1.807, 2.05) is 0 Å². The number of aliphatic hydroxyl groups is 2. The van der Waals surface area contributed by atoms with Crippen molar-refractivity contribution in [3.05, 3.63) is 45.7 Å². The van der Waals surface area contributed by atoms with Crippen LogP contribution in [-0.4, -0.2) is 79.7 Å². The Hall–Kier alpha value is -2.80. The number of primary amides is 1. The van der Waals surface area contributed by atoms with Gasteiger partial charge in [-0.2, -0.15) is 0 Å². The molecular formula is C21H27ClN5O10P. The number of aromatic nitrogens is 2. The van der Waals surface area contributed by atoms with Gasteiger partial charge in [0.15, 0.2) is 11.9 Å². The fourth-order valence-electron chi connectivity index (χ4n) is 3.62. The van der Waals surface area contributed by atoms with E-state index in [9.17, 15) is 29.7 Å². The summed E-state index contributed by atoms with van der Waals surface area (Å²) in [6, 6.07) is 2.43. The number of amides is 1. The van der Waals surface area contributed by atoms with Crippen LogP contribution in [0, 0.1) is 22.5 Å². The molecule has 5 atom stereocenters. The molecule has 3 rings (SSSR count). The number of furan rings is 1. The van der Waals surface area contributed by atoms with Crippen LogP contribution < -0.4 is 5.73 Å². The van der Waals surface area contributed by atoms with E-state index in [0.717, 1.165) is 12.4 Å². The number of imidazole rings is 1. The average Bonchev–Trinajstić information content (AvgIpc) is 3.60. The smallest absolute Gasteiger partial charge is 0.403 e. The SMILES string of the molecule is C#Cc1c(C(N)=O)ncn1C1OC(COP(=O)(OCc2ccc([N+](=O)[O-])o2)N(C)CCCCCl)C(O)C1O. The number of nitrogens with two attached hydrogens (primary N) is 1. The minimum absolute atomic E-state index is 0.0366. The lowest BCUT2D eigenvalue weighted by Crippen LogP contribution is -2.34. The Balaban J connectivity index is 1.74. The number of unbranched alkanes of at least 4 members (excludes halogenated alkanes) is 1. The van der Waals surface area contributed by atoms with Crippen molar-refractivity contribution < 1.29 is 42.7 Å². The number of carbonyl (C=O) groups excluding carboxylic acids is 1. The third-order valence-electron chi connectivity index (χ3n) is 5.66. The highest BCUT2D eigenvalue weighted by Crippen LogP contribution is 2.52. The largest absolute Gasteiger partial charge is 0.433 e. The van der Waals surface area contributed by atoms with Gasteiger partial charge in [-0.1, -0.05) is 0 Å². The van der Waals surface area contributed by atoms with Gasteiger partial charge in [-0.25, -0.2) is 14.2 Å². The number of hydrogen-bond acceptors (Lipinski definition) is 11. The fourth-order valence-corrected chi connectivity index (χ4v) is 5.29. The summed E-state index contributed by atoms with van der Waals surface area (Å²) >= 11 is 5.72. The number of rotatable bonds is 14. The van der Waals surface area contributed by atoms with Crippen molar-refractivity contribution in [1.29, 1.82) is 0 Å². The molecule has 0 spiro atoms. The molecular weight excluding hydrogens is 549 g/mol. The van der Waals surface area contributed by atoms with Crippen molar-refractivity contribution >= 4 is 31.1 Å². The summed E-state index contributed by atoms with van der Waals surface area (Å²) in [5.41, 5.74) is 4.99. The van der Waals surface area contributed by atoms with E-state index in [1.165, 1.54) is 22.4 Å². The molecule has 38 heavy (non-hydrogen) atoms. The van der Waals surface area contributed by atoms with Crippen LogP contribution in [0.2, 0.25) is 0 Å². The summed E-state index contributed by atoms with van der Waals surface area (Å²) in [5.74, 6) is 1.28. The molecule has 0 saturated carbocycles. The quantitative estimate of drug-likeness (QED) is 0.0729. The highest BCUT2D eigenvalue weighted by molar-refractivity contribution is 7.51. The molecule has 3 heterocycles. The molecule has 1 fully saturated rings. The zero-order valence-corrected chi connectivity index (χ0v) is 21.9. The van der Waals surface area contributed by atoms with Crippen molar-refractivity contribution in [3.63, 3.8) is 0 Å². The molecule has 0 radical (unpaired) electrons. The van der Waals surface area contributed by atoms with Gasteiger partial charge in [0.25, 0.3) is 5.91 Å². The highest BCUT2D eigenvalue weighted by atomic mass is 35.5. The van der Waals surface area contributed by atoms with E-state index in [-0.39, 0.29) is 23.7 Å². The second kappa shape index (κ2) is 12.8. The fraction of sp³-hybridized carbons (Fsp3) is 0.524. The van der Waals surface area contributed by atoms with Crippen LogP contribution >= 0.6 is 19.3 Å². The molecule has 208 valence electrons. The minimum atomic E-state index is -4.07. The number of terminal acetylenes is 1. The van der Waals surface area contributed by atoms with Crippen molar-refractivity contribution in [1.82, 2.24) is 14.2 Å². The van der Waals surface area contributed by atoms with Crippen molar-refractivity contribution in [2.24, 2.45) is 5.73 Å². The van der Waals surface area contributed by atoms with Gasteiger partial charge in [0.05, 0.1) is 19.0 Å². The lowest BCUT2D eigenvalue weighted by molar-refractivity contribution is -0.402. The predicted molar refractivity (Wildman–Crippen MR) is 131 cm³/mol. The number of alkyl halides is 1. The Morgan fingerprint density at radius 1 is 1.39 bits per heavy atom. The summed E-state index contributed by atoms with van der Waals surface area (Å²) in [7, 11) is -2.58. The monoisotopic (exact) mass is 575 g/mol. The van der Waals surface area contributed by atoms with E-state index >= 15 is 0 Å². The number of nitro groups is 1. The topological polar surface area (TPSA) is 206 Å². The van der Waals surface area contributed by atoms with Crippen LogP contribution in [0.3, 0.4) is 0 Å². The van der Waals surface area contributed by atoms with Gasteiger partial charge in [0.1, 0.15) is 41.3 Å². The molecule has 17 heteroatoms. The maximum Gasteiger partial charge on any atom is 0.433 e. The molecule has 1 amide bonds. The molecule has 1 saturated heterocycles. The lowest BCUT2D eigenvalue weighted by Gasteiger charge is -2.28. The van der Waals surface area contributed by atoms with Crippen molar-refractivity contribution in [2.75, 3.05) is 26.1 Å². The lowest BCUT2D eigenvalue weighted by atomic mass is 10.1. The van der Waals surface area contributed by atoms with Crippen LogP contribution in [-0.2, 0) is 25.0 Å². The van der Waals surface area contributed by atoms with Crippen molar-refractivity contribution in [2.45, 2.75) is 44.0 Å². The third-order valence-corrected chi connectivity index (χ3v) is 7.89. The summed E-state index contributed by atoms with van der Waals surface area (Å²) in [4.78, 5) is 25.5. The molecule has 4 N–H and O–H groups in total. The Kier molecular flexibility index (Phi) is 10.0. The summed E-state index contributed by atoms with van der Waals surface area (Å²) < 4.78 is 38.0. The van der Waals surface area contributed by atoms with Gasteiger partial charge in [-0.05, 0) is 31.9 Å². The van der Waals surface area contributed by atoms with Crippen LogP contribution in [0.1, 0.15) is 41.0 Å². The first-order valence-corrected chi connectivity index (χ1v) is 13.3. The first kappa shape index (κ1) is 29.8. The van der Waals surface area contributed by atoms with Gasteiger partial charge >= 0.3 is 13.6 Å². The Morgan fingerprint density at radius 2 is 2.13 bits per heavy atom. The van der Waals surface area contributed by atoms with E-state index in [4.69, 9.17) is 42.0 Å². The number of halogens is 1. The first-order valence-electron chi connectivity index (χ1n) is 11.3. The maximum atomic E-state index is 13.7. The van der Waals surface area contributed by atoms with Crippen LogP contribution in [0.25, 0.3) is 0 Å². The van der Waals surface area contributed by atoms with Gasteiger partial charge in [-0.15, -0.1) is 18.0 Å². The second-order valence-electron chi connectivity index (χ2n) is 8.22. The van der Waals surface area contributed by atoms with E-state index in [0.29, 0.717) is 18.7 Å². The zero-order chi connectivity index (χ0) is 28.0. The second-order valence-corrected chi connectivity index (χ2v) is 10.7. The summed E-state index contributed by atoms with van der Waals surface area (Å²) in [6.45, 7) is -0.647. The molecule has 0 aliphatic carbocycles. The number of hydrogen-bond donors (Lipinski definition) is 3. The standard InChI is InChI=1S/C21H27ClN5O10P/c1-3-14-17(20(23)30)24-12-26(14)21-19(29)18(28)15(37-21)11-35-38(33,25(2)9-5-4-8-22)34-10-13-6-7-16(36-13)27(31)32/h1,6-7,12,15,18-19,21,28-29H,4-5,8-11H2,2H3,(H2,23,30). The van der Waals surface area contributed by atoms with Crippen molar-refractivity contribution in [3.8, 4) is 12.3 Å². The average molecular weight is 576 g/mol. The molecule has 2 aromatic rings. The Bertz CT molecular complexity index is 1230. The van der Waals surface area contributed by atoms with Gasteiger partial charge < -0.3 is 25.1 Å². The third kappa shape index (κ3) is 6.60. The van der Waals surface area contributed by atoms with E-state index in [1.54, 1.807) is 0 Å². The number of nitrogens with zero attached hydrogens (tertiary/aromatic N) is 4. The molecule has 1 aliphatic heterocycles. The maximum absolute atomic E-state index is 13.7. The number of carbonyl (C=O) groups is 1. The van der Waals surface area contributed by atoms with Crippen LogP contribution in [0.5, 0.6) is 0 Å². The van der Waals surface area contributed by atoms with Gasteiger partial charge in [0.2, 0.25) is 0 Å². The van der Waals surface area contributed by atoms with Crippen LogP contribution in [0.4, 0.5) is 5.88 Å². The first-order chi connectivity index (χ1) is 18.0. The van der Waals surface area contributed by atoms with Crippen LogP contribution in [0.15, 0.2) is 22.9 Å². The summed E-state index contributed by atoms with van der Waals surface area (Å²) in [5, 5.41) is 32.0. The molecule has 0 aromatic carbocycles. The molecule has 2 aromatic heterocycles. The minimum Gasteiger partial charge on any atom is -0.403 e. The molecule has 15 nitrogen and oxygen atoms in total. The summed E-state index contributed by atoms with van der Waals surface area (Å²) in [6.07, 6.45) is 2.31. The van der Waals surface area contributed by atoms with E-state index in [2.05, 4.69) is 10.9 Å². The Morgan fingerprint density at radius 3 is 2.74 bits per heavy atom.